The summed E-state index contributed by atoms with van der Waals surface area (Å²) in [6, 6.07) is 11.0. The van der Waals surface area contributed by atoms with Crippen molar-refractivity contribution in [2.75, 3.05) is 42.8 Å². The van der Waals surface area contributed by atoms with Crippen LogP contribution >= 0.6 is 23.4 Å². The first kappa shape index (κ1) is 18.9. The van der Waals surface area contributed by atoms with Crippen LogP contribution in [0.15, 0.2) is 36.4 Å². The fourth-order valence-electron chi connectivity index (χ4n) is 2.88. The van der Waals surface area contributed by atoms with E-state index in [1.807, 2.05) is 30.0 Å². The number of hydrogen-bond donors (Lipinski definition) is 2. The molecule has 0 aromatic heterocycles. The first-order chi connectivity index (χ1) is 12.6. The van der Waals surface area contributed by atoms with E-state index in [0.29, 0.717) is 22.0 Å². The van der Waals surface area contributed by atoms with Gasteiger partial charge in [-0.1, -0.05) is 23.7 Å². The summed E-state index contributed by atoms with van der Waals surface area (Å²) in [6.45, 7) is 3.09. The molecule has 7 heteroatoms. The fourth-order valence-corrected chi connectivity index (χ4v) is 4.02. The molecule has 5 nitrogen and oxygen atoms in total. The predicted molar refractivity (Wildman–Crippen MR) is 109 cm³/mol. The molecular formula is C19H22ClN3O2S. The highest BCUT2D eigenvalue weighted by Gasteiger charge is 2.16. The number of methoxy groups -OCH3 is 1. The summed E-state index contributed by atoms with van der Waals surface area (Å²) in [5.74, 6) is 2.46. The molecule has 1 saturated heterocycles. The highest BCUT2D eigenvalue weighted by atomic mass is 35.5. The molecule has 0 spiro atoms. The van der Waals surface area contributed by atoms with Gasteiger partial charge in [-0.15, -0.1) is 0 Å². The minimum Gasteiger partial charge on any atom is -0.496 e. The van der Waals surface area contributed by atoms with Crippen LogP contribution in [0.4, 0.5) is 11.4 Å². The predicted octanol–water partition coefficient (Wildman–Crippen LogP) is 3.73. The Morgan fingerprint density at radius 2 is 2.08 bits per heavy atom. The maximum absolute atomic E-state index is 12.7. The van der Waals surface area contributed by atoms with E-state index in [1.54, 1.807) is 6.07 Å². The quantitative estimate of drug-likeness (QED) is 0.760. The third-order valence-corrected chi connectivity index (χ3v) is 5.53. The van der Waals surface area contributed by atoms with Crippen LogP contribution in [0.3, 0.4) is 0 Å². The second-order valence-electron chi connectivity index (χ2n) is 6.12. The average molecular weight is 392 g/mol. The number of rotatable bonds is 5. The largest absolute Gasteiger partial charge is 0.496 e. The lowest BCUT2D eigenvalue weighted by molar-refractivity contribution is 0.102. The monoisotopic (exact) mass is 391 g/mol. The second-order valence-corrected chi connectivity index (χ2v) is 7.75. The zero-order valence-electron chi connectivity index (χ0n) is 14.6. The Bertz CT molecular complexity index is 794. The van der Waals surface area contributed by atoms with Gasteiger partial charge in [-0.05, 0) is 23.8 Å². The van der Waals surface area contributed by atoms with Crippen LogP contribution < -0.4 is 15.8 Å². The van der Waals surface area contributed by atoms with Crippen molar-refractivity contribution in [3.63, 3.8) is 0 Å². The molecule has 0 bridgehead atoms. The molecule has 0 radical (unpaired) electrons. The molecule has 3 rings (SSSR count). The molecule has 26 heavy (non-hydrogen) atoms. The molecule has 1 fully saturated rings. The number of benzene rings is 2. The molecule has 1 heterocycles. The van der Waals surface area contributed by atoms with Gasteiger partial charge in [-0.2, -0.15) is 11.8 Å². The molecule has 1 amide bonds. The van der Waals surface area contributed by atoms with Gasteiger partial charge in [0.05, 0.1) is 23.4 Å². The summed E-state index contributed by atoms with van der Waals surface area (Å²) in [5.41, 5.74) is 8.43. The Morgan fingerprint density at radius 1 is 1.31 bits per heavy atom. The number of carbonyl (C=O) groups is 1. The Labute approximate surface area is 162 Å². The zero-order chi connectivity index (χ0) is 18.5. The lowest BCUT2D eigenvalue weighted by Crippen LogP contribution is -2.31. The summed E-state index contributed by atoms with van der Waals surface area (Å²) >= 11 is 8.05. The van der Waals surface area contributed by atoms with E-state index in [1.165, 1.54) is 30.2 Å². The molecule has 0 unspecified atom stereocenters. The molecule has 0 saturated carbocycles. The van der Waals surface area contributed by atoms with Crippen LogP contribution in [-0.2, 0) is 6.54 Å². The van der Waals surface area contributed by atoms with Crippen molar-refractivity contribution < 1.29 is 9.53 Å². The van der Waals surface area contributed by atoms with Crippen LogP contribution in [0.2, 0.25) is 5.02 Å². The summed E-state index contributed by atoms with van der Waals surface area (Å²) in [4.78, 5) is 15.1. The van der Waals surface area contributed by atoms with Gasteiger partial charge in [-0.25, -0.2) is 0 Å². The average Bonchev–Trinajstić information content (AvgIpc) is 2.64. The number of halogens is 1. The Kier molecular flexibility index (Phi) is 6.29. The van der Waals surface area contributed by atoms with E-state index >= 15 is 0 Å². The third-order valence-electron chi connectivity index (χ3n) is 4.26. The topological polar surface area (TPSA) is 67.6 Å². The van der Waals surface area contributed by atoms with Gasteiger partial charge in [-0.3, -0.25) is 9.69 Å². The Morgan fingerprint density at radius 3 is 2.81 bits per heavy atom. The molecule has 3 N–H and O–H groups in total. The van der Waals surface area contributed by atoms with Crippen molar-refractivity contribution in [1.82, 2.24) is 4.90 Å². The number of carbonyl (C=O) groups excluding carboxylic acids is 1. The summed E-state index contributed by atoms with van der Waals surface area (Å²) in [7, 11) is 1.50. The number of thioether (sulfide) groups is 1. The first-order valence-electron chi connectivity index (χ1n) is 8.40. The highest BCUT2D eigenvalue weighted by molar-refractivity contribution is 7.99. The molecule has 2 aromatic rings. The summed E-state index contributed by atoms with van der Waals surface area (Å²) in [5, 5.41) is 3.24. The number of hydrogen-bond acceptors (Lipinski definition) is 5. The highest BCUT2D eigenvalue weighted by Crippen LogP contribution is 2.29. The van der Waals surface area contributed by atoms with Gasteiger partial charge < -0.3 is 15.8 Å². The van der Waals surface area contributed by atoms with Crippen LogP contribution in [-0.4, -0.2) is 42.5 Å². The van der Waals surface area contributed by atoms with Crippen molar-refractivity contribution in [3.8, 4) is 5.75 Å². The Balaban J connectivity index is 1.73. The summed E-state index contributed by atoms with van der Waals surface area (Å²) in [6.07, 6.45) is 0. The number of nitrogen functional groups attached to an aromatic ring is 1. The van der Waals surface area contributed by atoms with E-state index in [-0.39, 0.29) is 5.91 Å². The Hall–Kier alpha value is -1.89. The normalized spacial score (nSPS) is 14.8. The SMILES string of the molecule is COc1cc(N)c(Cl)cc1C(=O)Nc1cccc(CN2CCSCC2)c1. The molecule has 1 aliphatic rings. The maximum atomic E-state index is 12.7. The van der Waals surface area contributed by atoms with Gasteiger partial charge in [0, 0.05) is 42.9 Å². The number of nitrogens with one attached hydrogen (secondary N) is 1. The molecular weight excluding hydrogens is 370 g/mol. The molecule has 0 aliphatic carbocycles. The number of nitrogens with zero attached hydrogens (tertiary/aromatic N) is 1. The standard InChI is InChI=1S/C19H22ClN3O2S/c1-25-18-11-17(21)16(20)10-15(18)19(24)22-14-4-2-3-13(9-14)12-23-5-7-26-8-6-23/h2-4,9-11H,5-8,12,21H2,1H3,(H,22,24). The van der Waals surface area contributed by atoms with Gasteiger partial charge >= 0.3 is 0 Å². The van der Waals surface area contributed by atoms with E-state index in [9.17, 15) is 4.79 Å². The van der Waals surface area contributed by atoms with Gasteiger partial charge in [0.1, 0.15) is 5.75 Å². The van der Waals surface area contributed by atoms with E-state index in [2.05, 4.69) is 16.3 Å². The lowest BCUT2D eigenvalue weighted by Gasteiger charge is -2.26. The van der Waals surface area contributed by atoms with Crippen molar-refractivity contribution in [3.05, 3.63) is 52.5 Å². The van der Waals surface area contributed by atoms with Crippen LogP contribution in [0.25, 0.3) is 0 Å². The molecule has 2 aromatic carbocycles. The van der Waals surface area contributed by atoms with Crippen molar-refractivity contribution >= 4 is 40.6 Å². The number of amides is 1. The van der Waals surface area contributed by atoms with Gasteiger partial charge in [0.15, 0.2) is 0 Å². The van der Waals surface area contributed by atoms with Crippen LogP contribution in [0, 0.1) is 0 Å². The van der Waals surface area contributed by atoms with Gasteiger partial charge in [0.2, 0.25) is 0 Å². The van der Waals surface area contributed by atoms with Crippen molar-refractivity contribution in [2.45, 2.75) is 6.54 Å². The minimum absolute atomic E-state index is 0.282. The van der Waals surface area contributed by atoms with E-state index in [0.717, 1.165) is 25.3 Å². The number of anilines is 2. The van der Waals surface area contributed by atoms with E-state index in [4.69, 9.17) is 22.1 Å². The van der Waals surface area contributed by atoms with Crippen molar-refractivity contribution in [1.29, 1.82) is 0 Å². The number of nitrogens with two attached hydrogens (primary N) is 1. The first-order valence-corrected chi connectivity index (χ1v) is 9.93. The molecule has 0 atom stereocenters. The fraction of sp³-hybridized carbons (Fsp3) is 0.316. The molecule has 138 valence electrons. The third kappa shape index (κ3) is 4.63. The molecule has 1 aliphatic heterocycles. The maximum Gasteiger partial charge on any atom is 0.259 e. The zero-order valence-corrected chi connectivity index (χ0v) is 16.2. The summed E-state index contributed by atoms with van der Waals surface area (Å²) < 4.78 is 5.26. The van der Waals surface area contributed by atoms with Crippen molar-refractivity contribution in [2.24, 2.45) is 0 Å². The lowest BCUT2D eigenvalue weighted by atomic mass is 10.1. The smallest absolute Gasteiger partial charge is 0.259 e. The van der Waals surface area contributed by atoms with E-state index < -0.39 is 0 Å². The number of ether oxygens (including phenoxy) is 1. The van der Waals surface area contributed by atoms with Crippen LogP contribution in [0.5, 0.6) is 5.75 Å². The van der Waals surface area contributed by atoms with Crippen LogP contribution in [0.1, 0.15) is 15.9 Å². The minimum atomic E-state index is -0.282. The second kappa shape index (κ2) is 8.66. The van der Waals surface area contributed by atoms with Gasteiger partial charge in [0.25, 0.3) is 5.91 Å².